The topological polar surface area (TPSA) is 3.24 Å². The van der Waals surface area contributed by atoms with E-state index < -0.39 is 23.4 Å². The minimum absolute atomic E-state index is 0.381. The third-order valence-electron chi connectivity index (χ3n) is 1.14. The van der Waals surface area contributed by atoms with Crippen LogP contribution in [0.2, 0.25) is 0 Å². The smallest absolute Gasteiger partial charge is 0.177 e. The average molecular weight is 217 g/mol. The molecular formula is C4H3F8N. The quantitative estimate of drug-likeness (QED) is 0.482. The fourth-order valence-electron chi connectivity index (χ4n) is 0.349. The molecular weight excluding hydrogens is 214 g/mol. The van der Waals surface area contributed by atoms with Gasteiger partial charge in [-0.2, -0.15) is 35.1 Å². The molecule has 0 rings (SSSR count). The standard InChI is InChI=1S/C4H3F8N/c1-13(4(10,11)12)3(8,9)2(5,6)7/h1H3. The van der Waals surface area contributed by atoms with Crippen LogP contribution in [-0.2, 0) is 0 Å². The summed E-state index contributed by atoms with van der Waals surface area (Å²) >= 11 is 0. The second-order valence-electron chi connectivity index (χ2n) is 2.07. The molecule has 0 saturated carbocycles. The third kappa shape index (κ3) is 2.42. The van der Waals surface area contributed by atoms with E-state index >= 15 is 0 Å². The normalized spacial score (nSPS) is 15.2. The summed E-state index contributed by atoms with van der Waals surface area (Å²) in [4.78, 5) is -2.00. The van der Waals surface area contributed by atoms with Crippen LogP contribution < -0.4 is 0 Å². The Morgan fingerprint density at radius 2 is 1.08 bits per heavy atom. The van der Waals surface area contributed by atoms with Gasteiger partial charge in [0.2, 0.25) is 0 Å². The van der Waals surface area contributed by atoms with Gasteiger partial charge in [0, 0.05) is 7.05 Å². The molecule has 1 nitrogen and oxygen atoms in total. The van der Waals surface area contributed by atoms with Crippen molar-refractivity contribution in [2.45, 2.75) is 18.5 Å². The van der Waals surface area contributed by atoms with Crippen molar-refractivity contribution in [2.75, 3.05) is 7.05 Å². The molecule has 0 unspecified atom stereocenters. The molecule has 80 valence electrons. The van der Waals surface area contributed by atoms with Crippen LogP contribution in [-0.4, -0.2) is 30.5 Å². The molecule has 0 radical (unpaired) electrons. The first kappa shape index (κ1) is 12.4. The largest absolute Gasteiger partial charge is 0.469 e. The summed E-state index contributed by atoms with van der Waals surface area (Å²) in [5.41, 5.74) is 0. The number of hydrogen-bond donors (Lipinski definition) is 0. The summed E-state index contributed by atoms with van der Waals surface area (Å²) in [5.74, 6) is 0. The summed E-state index contributed by atoms with van der Waals surface area (Å²) in [6.07, 6.45) is -12.0. The van der Waals surface area contributed by atoms with Crippen molar-refractivity contribution in [1.82, 2.24) is 4.90 Å². The van der Waals surface area contributed by atoms with Crippen LogP contribution in [0.1, 0.15) is 0 Å². The fraction of sp³-hybridized carbons (Fsp3) is 1.00. The molecule has 0 aliphatic carbocycles. The molecule has 0 N–H and O–H groups in total. The highest BCUT2D eigenvalue weighted by Crippen LogP contribution is 2.41. The Bertz CT molecular complexity index is 178. The van der Waals surface area contributed by atoms with E-state index in [1.165, 1.54) is 0 Å². The zero-order valence-electron chi connectivity index (χ0n) is 5.97. The lowest BCUT2D eigenvalue weighted by Gasteiger charge is -2.30. The Hall–Kier alpha value is -0.600. The lowest BCUT2D eigenvalue weighted by Crippen LogP contribution is -2.56. The van der Waals surface area contributed by atoms with Gasteiger partial charge in [-0.25, -0.2) is 0 Å². The van der Waals surface area contributed by atoms with Crippen LogP contribution in [0.25, 0.3) is 0 Å². The predicted octanol–water partition coefficient (Wildman–Crippen LogP) is 2.59. The maximum Gasteiger partial charge on any atom is 0.469 e. The Morgan fingerprint density at radius 3 is 1.15 bits per heavy atom. The van der Waals surface area contributed by atoms with Crippen LogP contribution in [0.15, 0.2) is 0 Å². The van der Waals surface area contributed by atoms with E-state index in [1.807, 2.05) is 0 Å². The molecule has 0 aromatic rings. The van der Waals surface area contributed by atoms with Crippen molar-refractivity contribution in [3.05, 3.63) is 0 Å². The molecule has 13 heavy (non-hydrogen) atoms. The maximum absolute atomic E-state index is 11.9. The second-order valence-corrected chi connectivity index (χ2v) is 2.07. The Labute approximate surface area is 66.9 Å². The molecule has 0 fully saturated rings. The van der Waals surface area contributed by atoms with Gasteiger partial charge in [-0.05, 0) is 0 Å². The highest BCUT2D eigenvalue weighted by Gasteiger charge is 2.66. The van der Waals surface area contributed by atoms with Gasteiger partial charge in [0.1, 0.15) is 0 Å². The van der Waals surface area contributed by atoms with Crippen LogP contribution >= 0.6 is 0 Å². The Kier molecular flexibility index (Phi) is 2.83. The van der Waals surface area contributed by atoms with Crippen LogP contribution in [0.5, 0.6) is 0 Å². The number of hydrogen-bond acceptors (Lipinski definition) is 1. The molecule has 0 aliphatic heterocycles. The number of nitrogens with zero attached hydrogens (tertiary/aromatic N) is 1. The second kappa shape index (κ2) is 2.96. The summed E-state index contributed by atoms with van der Waals surface area (Å²) in [6.45, 7) is 0. The van der Waals surface area contributed by atoms with E-state index in [0.29, 0.717) is 0 Å². The monoisotopic (exact) mass is 217 g/mol. The van der Waals surface area contributed by atoms with E-state index in [4.69, 9.17) is 0 Å². The number of halogens is 8. The van der Waals surface area contributed by atoms with Crippen molar-refractivity contribution in [3.63, 3.8) is 0 Å². The van der Waals surface area contributed by atoms with Crippen LogP contribution in [0.3, 0.4) is 0 Å². The first-order chi connectivity index (χ1) is 5.40. The minimum Gasteiger partial charge on any atom is -0.177 e. The Morgan fingerprint density at radius 1 is 0.769 bits per heavy atom. The zero-order chi connectivity index (χ0) is 11.1. The van der Waals surface area contributed by atoms with Crippen molar-refractivity contribution in [1.29, 1.82) is 0 Å². The highest BCUT2D eigenvalue weighted by atomic mass is 19.4. The van der Waals surface area contributed by atoms with Gasteiger partial charge in [-0.1, -0.05) is 0 Å². The first-order valence-corrected chi connectivity index (χ1v) is 2.66. The van der Waals surface area contributed by atoms with Gasteiger partial charge in [0.05, 0.1) is 0 Å². The van der Waals surface area contributed by atoms with Gasteiger partial charge in [0.25, 0.3) is 0 Å². The SMILES string of the molecule is CN(C(F)(F)F)C(F)(F)C(F)(F)F. The molecule has 0 spiro atoms. The molecule has 0 heterocycles. The molecule has 0 aromatic heterocycles. The van der Waals surface area contributed by atoms with E-state index in [9.17, 15) is 35.1 Å². The van der Waals surface area contributed by atoms with Crippen molar-refractivity contribution in [2.24, 2.45) is 0 Å². The minimum atomic E-state index is -6.25. The summed E-state index contributed by atoms with van der Waals surface area (Å²) in [7, 11) is -0.381. The summed E-state index contributed by atoms with van der Waals surface area (Å²) < 4.78 is 92.0. The average Bonchev–Trinajstić information content (AvgIpc) is 1.81. The number of rotatable bonds is 1. The molecule has 9 heteroatoms. The van der Waals surface area contributed by atoms with Crippen molar-refractivity contribution in [3.8, 4) is 0 Å². The van der Waals surface area contributed by atoms with Gasteiger partial charge in [-0.15, -0.1) is 4.90 Å². The first-order valence-electron chi connectivity index (χ1n) is 2.66. The lowest BCUT2D eigenvalue weighted by atomic mass is 10.5. The molecule has 0 bridgehead atoms. The van der Waals surface area contributed by atoms with Gasteiger partial charge >= 0.3 is 18.5 Å². The van der Waals surface area contributed by atoms with Crippen molar-refractivity contribution < 1.29 is 35.1 Å². The molecule has 0 atom stereocenters. The van der Waals surface area contributed by atoms with Crippen LogP contribution in [0.4, 0.5) is 35.1 Å². The van der Waals surface area contributed by atoms with Gasteiger partial charge in [-0.3, -0.25) is 0 Å². The molecule has 0 saturated heterocycles. The van der Waals surface area contributed by atoms with Gasteiger partial charge in [0.15, 0.2) is 0 Å². The van der Waals surface area contributed by atoms with E-state index in [0.717, 1.165) is 0 Å². The molecule has 0 aromatic carbocycles. The zero-order valence-corrected chi connectivity index (χ0v) is 5.97. The van der Waals surface area contributed by atoms with Crippen LogP contribution in [0, 0.1) is 0 Å². The van der Waals surface area contributed by atoms with E-state index in [2.05, 4.69) is 0 Å². The lowest BCUT2D eigenvalue weighted by molar-refractivity contribution is -0.403. The third-order valence-corrected chi connectivity index (χ3v) is 1.14. The van der Waals surface area contributed by atoms with E-state index in [-0.39, 0.29) is 7.05 Å². The maximum atomic E-state index is 11.9. The molecule has 0 amide bonds. The summed E-state index contributed by atoms with van der Waals surface area (Å²) in [6, 6.07) is -5.91. The number of alkyl halides is 8. The highest BCUT2D eigenvalue weighted by molar-refractivity contribution is 4.76. The van der Waals surface area contributed by atoms with E-state index in [1.54, 1.807) is 0 Å². The van der Waals surface area contributed by atoms with Crippen molar-refractivity contribution >= 4 is 0 Å². The van der Waals surface area contributed by atoms with Gasteiger partial charge < -0.3 is 0 Å². The summed E-state index contributed by atoms with van der Waals surface area (Å²) in [5, 5.41) is 0. The Balaban J connectivity index is 4.86. The molecule has 0 aliphatic rings. The predicted molar refractivity (Wildman–Crippen MR) is 24.8 cm³/mol. The fourth-order valence-corrected chi connectivity index (χ4v) is 0.349.